The van der Waals surface area contributed by atoms with Gasteiger partial charge in [-0.05, 0) is 0 Å². The summed E-state index contributed by atoms with van der Waals surface area (Å²) in [6, 6.07) is 0. The monoisotopic (exact) mass is 236 g/mol. The van der Waals surface area contributed by atoms with Gasteiger partial charge in [-0.3, -0.25) is 0 Å². The first-order valence-electron chi connectivity index (χ1n) is 3.14. The maximum Gasteiger partial charge on any atom is 0 e. The molecule has 2 heteroatoms. The molecule has 0 aromatic rings. The zero-order valence-electron chi connectivity index (χ0n) is 6.02. The van der Waals surface area contributed by atoms with Crippen molar-refractivity contribution in [2.75, 3.05) is 0 Å². The van der Waals surface area contributed by atoms with Crippen LogP contribution in [0.4, 0.5) is 0 Å². The SMILES string of the molecule is CC[C]1([Na])C=CC=C1.[Sn]. The van der Waals surface area contributed by atoms with Gasteiger partial charge in [-0.15, -0.1) is 0 Å². The Morgan fingerprint density at radius 1 is 1.33 bits per heavy atom. The van der Waals surface area contributed by atoms with Crippen LogP contribution in [0.2, 0.25) is 2.66 Å². The van der Waals surface area contributed by atoms with Gasteiger partial charge in [0.25, 0.3) is 0 Å². The molecule has 4 radical (unpaired) electrons. The van der Waals surface area contributed by atoms with E-state index in [0.29, 0.717) is 2.66 Å². The van der Waals surface area contributed by atoms with E-state index in [4.69, 9.17) is 0 Å². The molecule has 0 saturated heterocycles. The van der Waals surface area contributed by atoms with Crippen molar-refractivity contribution < 1.29 is 0 Å². The van der Waals surface area contributed by atoms with Gasteiger partial charge in [0.2, 0.25) is 0 Å². The van der Waals surface area contributed by atoms with Crippen molar-refractivity contribution in [2.45, 2.75) is 16.0 Å². The van der Waals surface area contributed by atoms with Gasteiger partial charge in [0.1, 0.15) is 0 Å². The minimum atomic E-state index is 0. The van der Waals surface area contributed by atoms with Crippen molar-refractivity contribution in [1.82, 2.24) is 0 Å². The first kappa shape index (κ1) is 10.3. The van der Waals surface area contributed by atoms with Crippen LogP contribution >= 0.6 is 0 Å². The first-order chi connectivity index (χ1) is 3.77. The summed E-state index contributed by atoms with van der Waals surface area (Å²) in [5, 5.41) is 0. The average Bonchev–Trinajstić information content (AvgIpc) is 2.17. The van der Waals surface area contributed by atoms with Crippen LogP contribution in [-0.2, 0) is 0 Å². The number of rotatable bonds is 1. The molecule has 1 aliphatic rings. The summed E-state index contributed by atoms with van der Waals surface area (Å²) in [6.07, 6.45) is 10.2. The van der Waals surface area contributed by atoms with E-state index in [-0.39, 0.29) is 23.9 Å². The number of hydrogen-bond acceptors (Lipinski definition) is 0. The molecule has 0 aromatic carbocycles. The van der Waals surface area contributed by atoms with Crippen molar-refractivity contribution in [3.63, 3.8) is 0 Å². The van der Waals surface area contributed by atoms with Crippen LogP contribution in [0.1, 0.15) is 13.3 Å². The van der Waals surface area contributed by atoms with Gasteiger partial charge in [-0.2, -0.15) is 0 Å². The fraction of sp³-hybridized carbons (Fsp3) is 0.429. The number of allylic oxidation sites excluding steroid dienone is 4. The average molecular weight is 235 g/mol. The van der Waals surface area contributed by atoms with Crippen molar-refractivity contribution in [3.05, 3.63) is 24.3 Å². The summed E-state index contributed by atoms with van der Waals surface area (Å²) < 4.78 is 0.514. The van der Waals surface area contributed by atoms with Crippen LogP contribution < -0.4 is 0 Å². The molecule has 0 amide bonds. The second kappa shape index (κ2) is 4.22. The summed E-state index contributed by atoms with van der Waals surface area (Å²) in [7, 11) is 0. The molecule has 0 nitrogen and oxygen atoms in total. The second-order valence-electron chi connectivity index (χ2n) is 2.58. The normalized spacial score (nSPS) is 19.9. The molecular formula is C7H9NaSn. The Morgan fingerprint density at radius 3 is 2.00 bits per heavy atom. The zero-order chi connectivity index (χ0) is 6.04. The number of hydrogen-bond donors (Lipinski definition) is 0. The summed E-state index contributed by atoms with van der Waals surface area (Å²) >= 11 is 1.26. The third-order valence-corrected chi connectivity index (χ3v) is 3.20. The Kier molecular flexibility index (Phi) is 4.82. The van der Waals surface area contributed by atoms with Crippen LogP contribution in [-0.4, -0.2) is 51.8 Å². The summed E-state index contributed by atoms with van der Waals surface area (Å²) in [5.41, 5.74) is 0. The molecule has 1 aliphatic carbocycles. The molecular weight excluding hydrogens is 226 g/mol. The van der Waals surface area contributed by atoms with Crippen molar-refractivity contribution in [3.8, 4) is 0 Å². The van der Waals surface area contributed by atoms with E-state index in [1.807, 2.05) is 0 Å². The van der Waals surface area contributed by atoms with Gasteiger partial charge in [0.05, 0.1) is 0 Å². The van der Waals surface area contributed by atoms with E-state index in [1.165, 1.54) is 34.4 Å². The molecule has 1 rings (SSSR count). The summed E-state index contributed by atoms with van der Waals surface area (Å²) in [6.45, 7) is 2.24. The largest absolute Gasteiger partial charge is 0 e. The van der Waals surface area contributed by atoms with Gasteiger partial charge in [-0.1, -0.05) is 0 Å². The molecule has 42 valence electrons. The Morgan fingerprint density at radius 2 is 1.78 bits per heavy atom. The molecule has 0 atom stereocenters. The van der Waals surface area contributed by atoms with E-state index in [0.717, 1.165) is 0 Å². The van der Waals surface area contributed by atoms with Crippen molar-refractivity contribution >= 4 is 51.8 Å². The Bertz CT molecular complexity index is 126. The fourth-order valence-electron chi connectivity index (χ4n) is 0.842. The molecule has 0 unspecified atom stereocenters. The Hall–Kier alpha value is 1.28. The van der Waals surface area contributed by atoms with Crippen LogP contribution in [0.3, 0.4) is 0 Å². The van der Waals surface area contributed by atoms with E-state index in [1.54, 1.807) is 0 Å². The molecule has 0 heterocycles. The minimum absolute atomic E-state index is 0. The summed E-state index contributed by atoms with van der Waals surface area (Å²) in [4.78, 5) is 0. The molecule has 0 spiro atoms. The molecule has 0 bridgehead atoms. The smallest absolute Gasteiger partial charge is 0 e. The molecule has 0 fully saturated rings. The van der Waals surface area contributed by atoms with E-state index in [9.17, 15) is 0 Å². The standard InChI is InChI=1S/C7H9.Na.Sn/c1-2-7-5-3-4-6-7;;/h3-6H,2H2,1H3;;. The van der Waals surface area contributed by atoms with Gasteiger partial charge in [-0.25, -0.2) is 0 Å². The maximum atomic E-state index is 2.30. The molecule has 9 heavy (non-hydrogen) atoms. The third-order valence-electron chi connectivity index (χ3n) is 1.83. The van der Waals surface area contributed by atoms with Gasteiger partial charge in [0.15, 0.2) is 0 Å². The van der Waals surface area contributed by atoms with Gasteiger partial charge < -0.3 is 0 Å². The van der Waals surface area contributed by atoms with Gasteiger partial charge in [0, 0.05) is 23.9 Å². The quantitative estimate of drug-likeness (QED) is 0.603. The van der Waals surface area contributed by atoms with Crippen LogP contribution in [0.25, 0.3) is 0 Å². The van der Waals surface area contributed by atoms with Crippen molar-refractivity contribution in [2.24, 2.45) is 0 Å². The topological polar surface area (TPSA) is 0 Å². The predicted molar refractivity (Wildman–Crippen MR) is 42.8 cm³/mol. The Balaban J connectivity index is 0.000000640. The van der Waals surface area contributed by atoms with Crippen LogP contribution in [0, 0.1) is 0 Å². The fourth-order valence-corrected chi connectivity index (χ4v) is 1.23. The molecule has 0 aliphatic heterocycles. The first-order valence-corrected chi connectivity index (χ1v) is 4.14. The second-order valence-corrected chi connectivity index (χ2v) is 4.44. The minimum Gasteiger partial charge on any atom is 0 e. The maximum absolute atomic E-state index is 2.30. The van der Waals surface area contributed by atoms with Crippen LogP contribution in [0.15, 0.2) is 24.3 Å². The van der Waals surface area contributed by atoms with Gasteiger partial charge >= 0.3 is 68.2 Å². The Labute approximate surface area is 91.2 Å². The van der Waals surface area contributed by atoms with E-state index < -0.39 is 0 Å². The summed E-state index contributed by atoms with van der Waals surface area (Å²) in [5.74, 6) is 0. The molecule has 0 saturated carbocycles. The van der Waals surface area contributed by atoms with E-state index in [2.05, 4.69) is 31.2 Å². The molecule has 0 aromatic heterocycles. The predicted octanol–water partition coefficient (Wildman–Crippen LogP) is 1.47. The van der Waals surface area contributed by atoms with E-state index >= 15 is 0 Å². The molecule has 0 N–H and O–H groups in total. The zero-order valence-corrected chi connectivity index (χ0v) is 10.9. The van der Waals surface area contributed by atoms with Crippen molar-refractivity contribution in [1.29, 1.82) is 0 Å². The third kappa shape index (κ3) is 2.79. The van der Waals surface area contributed by atoms with Crippen LogP contribution in [0.5, 0.6) is 0 Å².